The third-order valence-electron chi connectivity index (χ3n) is 5.08. The van der Waals surface area contributed by atoms with Gasteiger partial charge in [-0.15, -0.1) is 0 Å². The van der Waals surface area contributed by atoms with E-state index in [9.17, 15) is 9.18 Å². The SMILES string of the molecule is C/C(=N/NC(=O)C[NH+]1CC[NH+](Cc2ccccc2Cl)CC1)c1ccc(F)cc1. The van der Waals surface area contributed by atoms with Crippen molar-refractivity contribution in [1.29, 1.82) is 0 Å². The van der Waals surface area contributed by atoms with Gasteiger partial charge in [-0.05, 0) is 30.7 Å². The monoisotopic (exact) mass is 404 g/mol. The topological polar surface area (TPSA) is 50.3 Å². The number of hydrogen-bond donors (Lipinski definition) is 3. The van der Waals surface area contributed by atoms with E-state index in [2.05, 4.69) is 16.6 Å². The number of hydrogen-bond acceptors (Lipinski definition) is 2. The number of carbonyl (C=O) groups is 1. The van der Waals surface area contributed by atoms with Crippen molar-refractivity contribution in [3.63, 3.8) is 0 Å². The molecule has 1 heterocycles. The van der Waals surface area contributed by atoms with Crippen molar-refractivity contribution in [2.75, 3.05) is 32.7 Å². The van der Waals surface area contributed by atoms with E-state index in [0.29, 0.717) is 12.3 Å². The van der Waals surface area contributed by atoms with Crippen LogP contribution in [0.15, 0.2) is 53.6 Å². The quantitative estimate of drug-likeness (QED) is 0.471. The van der Waals surface area contributed by atoms with E-state index >= 15 is 0 Å². The molecule has 0 atom stereocenters. The van der Waals surface area contributed by atoms with Gasteiger partial charge in [-0.2, -0.15) is 5.10 Å². The summed E-state index contributed by atoms with van der Waals surface area (Å²) in [6, 6.07) is 14.0. The molecule has 148 valence electrons. The van der Waals surface area contributed by atoms with Crippen LogP contribution in [0.25, 0.3) is 0 Å². The number of quaternary nitrogens is 2. The molecule has 1 aliphatic heterocycles. The summed E-state index contributed by atoms with van der Waals surface area (Å²) in [5.74, 6) is -0.397. The minimum Gasteiger partial charge on any atom is -0.322 e. The molecule has 7 heteroatoms. The standard InChI is InChI=1S/C21H24ClFN4O/c1-16(17-6-8-19(23)9-7-17)24-25-21(28)15-27-12-10-26(11-13-27)14-18-4-2-3-5-20(18)22/h2-9H,10-15H2,1H3,(H,25,28)/p+2/b24-16-. The lowest BCUT2D eigenvalue weighted by Crippen LogP contribution is -3.28. The summed E-state index contributed by atoms with van der Waals surface area (Å²) in [5.41, 5.74) is 5.22. The van der Waals surface area contributed by atoms with Gasteiger partial charge in [0.1, 0.15) is 38.5 Å². The smallest absolute Gasteiger partial charge is 0.295 e. The maximum Gasteiger partial charge on any atom is 0.295 e. The number of rotatable bonds is 6. The van der Waals surface area contributed by atoms with Gasteiger partial charge in [0.05, 0.1) is 5.71 Å². The number of carbonyl (C=O) groups excluding carboxylic acids is 1. The average Bonchev–Trinajstić information content (AvgIpc) is 2.70. The summed E-state index contributed by atoms with van der Waals surface area (Å²) in [6.45, 7) is 7.00. The van der Waals surface area contributed by atoms with E-state index in [1.54, 1.807) is 19.1 Å². The summed E-state index contributed by atoms with van der Waals surface area (Å²) in [7, 11) is 0. The van der Waals surface area contributed by atoms with E-state index in [1.807, 2.05) is 18.2 Å². The molecular formula is C21H26ClFN4O+2. The van der Waals surface area contributed by atoms with Crippen LogP contribution in [0.1, 0.15) is 18.1 Å². The molecule has 0 saturated carbocycles. The van der Waals surface area contributed by atoms with Crippen LogP contribution in [0, 0.1) is 5.82 Å². The highest BCUT2D eigenvalue weighted by molar-refractivity contribution is 6.31. The summed E-state index contributed by atoms with van der Waals surface area (Å²) in [4.78, 5) is 14.9. The number of benzene rings is 2. The van der Waals surface area contributed by atoms with Crippen molar-refractivity contribution in [3.05, 3.63) is 70.5 Å². The Bertz CT molecular complexity index is 833. The molecule has 0 spiro atoms. The summed E-state index contributed by atoms with van der Waals surface area (Å²) in [5, 5.41) is 4.95. The minimum absolute atomic E-state index is 0.106. The number of nitrogens with zero attached hydrogens (tertiary/aromatic N) is 1. The van der Waals surface area contributed by atoms with E-state index in [0.717, 1.165) is 43.3 Å². The van der Waals surface area contributed by atoms with E-state index in [-0.39, 0.29) is 11.7 Å². The molecule has 28 heavy (non-hydrogen) atoms. The van der Waals surface area contributed by atoms with Gasteiger partial charge in [-0.3, -0.25) is 4.79 Å². The maximum atomic E-state index is 13.0. The largest absolute Gasteiger partial charge is 0.322 e. The molecule has 0 aromatic heterocycles. The first-order valence-corrected chi connectivity index (χ1v) is 9.88. The molecular weight excluding hydrogens is 379 g/mol. The average molecular weight is 405 g/mol. The zero-order chi connectivity index (χ0) is 19.9. The van der Waals surface area contributed by atoms with Crippen molar-refractivity contribution in [3.8, 4) is 0 Å². The van der Waals surface area contributed by atoms with Gasteiger partial charge >= 0.3 is 0 Å². The van der Waals surface area contributed by atoms with E-state index in [1.165, 1.54) is 27.5 Å². The normalized spacial score (nSPS) is 20.0. The van der Waals surface area contributed by atoms with Crippen molar-refractivity contribution >= 4 is 23.2 Å². The van der Waals surface area contributed by atoms with Gasteiger partial charge in [0.15, 0.2) is 6.54 Å². The Morgan fingerprint density at radius 3 is 2.39 bits per heavy atom. The highest BCUT2D eigenvalue weighted by atomic mass is 35.5. The third-order valence-corrected chi connectivity index (χ3v) is 5.45. The number of nitrogens with one attached hydrogen (secondary N) is 3. The van der Waals surface area contributed by atoms with Crippen LogP contribution < -0.4 is 15.2 Å². The number of halogens is 2. The molecule has 1 saturated heterocycles. The fourth-order valence-electron chi connectivity index (χ4n) is 3.39. The zero-order valence-electron chi connectivity index (χ0n) is 16.0. The van der Waals surface area contributed by atoms with Gasteiger partial charge in [0.25, 0.3) is 5.91 Å². The molecule has 2 aromatic rings. The van der Waals surface area contributed by atoms with Gasteiger partial charge < -0.3 is 9.80 Å². The van der Waals surface area contributed by atoms with Crippen LogP contribution >= 0.6 is 11.6 Å². The van der Waals surface area contributed by atoms with Crippen molar-refractivity contribution in [1.82, 2.24) is 5.43 Å². The third kappa shape index (κ3) is 5.86. The Balaban J connectivity index is 1.43. The Labute approximate surface area is 169 Å². The molecule has 3 N–H and O–H groups in total. The summed E-state index contributed by atoms with van der Waals surface area (Å²) in [6.07, 6.45) is 0. The highest BCUT2D eigenvalue weighted by Gasteiger charge is 2.25. The van der Waals surface area contributed by atoms with Crippen LogP contribution in [0.4, 0.5) is 4.39 Å². The molecule has 0 bridgehead atoms. The second-order valence-corrected chi connectivity index (χ2v) is 7.59. The van der Waals surface area contributed by atoms with Crippen molar-refractivity contribution < 1.29 is 19.0 Å². The first kappa shape index (κ1) is 20.5. The molecule has 0 radical (unpaired) electrons. The van der Waals surface area contributed by atoms with E-state index < -0.39 is 0 Å². The van der Waals surface area contributed by atoms with Gasteiger partial charge in [-0.1, -0.05) is 41.9 Å². The van der Waals surface area contributed by atoms with E-state index in [4.69, 9.17) is 11.6 Å². The predicted octanol–water partition coefficient (Wildman–Crippen LogP) is 0.303. The predicted molar refractivity (Wildman–Crippen MR) is 108 cm³/mol. The molecule has 0 unspecified atom stereocenters. The molecule has 5 nitrogen and oxygen atoms in total. The molecule has 3 rings (SSSR count). The number of hydrazone groups is 1. The van der Waals surface area contributed by atoms with Gasteiger partial charge in [0, 0.05) is 10.6 Å². The maximum absolute atomic E-state index is 13.0. The van der Waals surface area contributed by atoms with Crippen LogP contribution in [-0.2, 0) is 11.3 Å². The number of piperazine rings is 1. The molecule has 1 amide bonds. The molecule has 0 aliphatic carbocycles. The molecule has 2 aromatic carbocycles. The van der Waals surface area contributed by atoms with Gasteiger partial charge in [-0.25, -0.2) is 9.82 Å². The fraction of sp³-hybridized carbons (Fsp3) is 0.333. The Hall–Kier alpha value is -2.28. The first-order valence-electron chi connectivity index (χ1n) is 9.51. The molecule has 1 fully saturated rings. The lowest BCUT2D eigenvalue weighted by molar-refractivity contribution is -1.02. The second kappa shape index (κ2) is 9.78. The zero-order valence-corrected chi connectivity index (χ0v) is 16.7. The van der Waals surface area contributed by atoms with Gasteiger partial charge in [0.2, 0.25) is 0 Å². The molecule has 1 aliphatic rings. The van der Waals surface area contributed by atoms with Crippen molar-refractivity contribution in [2.24, 2.45) is 5.10 Å². The van der Waals surface area contributed by atoms with Crippen LogP contribution in [0.3, 0.4) is 0 Å². The lowest BCUT2D eigenvalue weighted by Gasteiger charge is -2.29. The minimum atomic E-state index is -0.292. The Morgan fingerprint density at radius 1 is 1.07 bits per heavy atom. The summed E-state index contributed by atoms with van der Waals surface area (Å²) < 4.78 is 13.0. The van der Waals surface area contributed by atoms with Crippen LogP contribution in [0.5, 0.6) is 0 Å². The number of amides is 1. The fourth-order valence-corrected chi connectivity index (χ4v) is 3.59. The Kier molecular flexibility index (Phi) is 7.14. The summed E-state index contributed by atoms with van der Waals surface area (Å²) >= 11 is 6.25. The van der Waals surface area contributed by atoms with Crippen molar-refractivity contribution in [2.45, 2.75) is 13.5 Å². The lowest BCUT2D eigenvalue weighted by atomic mass is 10.1. The van der Waals surface area contributed by atoms with Crippen LogP contribution in [-0.4, -0.2) is 44.3 Å². The van der Waals surface area contributed by atoms with Crippen LogP contribution in [0.2, 0.25) is 5.02 Å². The second-order valence-electron chi connectivity index (χ2n) is 7.18. The first-order chi connectivity index (χ1) is 13.5. The highest BCUT2D eigenvalue weighted by Crippen LogP contribution is 2.13. The Morgan fingerprint density at radius 2 is 1.71 bits per heavy atom.